The molecule has 0 spiro atoms. The minimum absolute atomic E-state index is 0. The maximum atomic E-state index is 11.8. The molecule has 25 heavy (non-hydrogen) atoms. The van der Waals surface area contributed by atoms with Crippen LogP contribution in [0.15, 0.2) is 29.3 Å². The summed E-state index contributed by atoms with van der Waals surface area (Å²) in [5.41, 5.74) is 6.50. The van der Waals surface area contributed by atoms with Gasteiger partial charge in [-0.1, -0.05) is 12.1 Å². The number of guanidine groups is 1. The second-order valence-electron chi connectivity index (χ2n) is 5.87. The van der Waals surface area contributed by atoms with Gasteiger partial charge in [-0.3, -0.25) is 9.59 Å². The van der Waals surface area contributed by atoms with Crippen LogP contribution in [0, 0.1) is 5.92 Å². The fourth-order valence-electron chi connectivity index (χ4n) is 2.11. The smallest absolute Gasteiger partial charge is 0.251 e. The standard InChI is InChI=1S/C17H25N5O2.HI/c1-2-19-17(21-9-12-3-4-12)22-10-13-5-7-14(8-6-13)16(24)20-11-15(18)23;/h5-8,12H,2-4,9-11H2,1H3,(H2,18,23)(H,20,24)(H2,19,21,22);1H. The van der Waals surface area contributed by atoms with Crippen molar-refractivity contribution in [3.8, 4) is 0 Å². The summed E-state index contributed by atoms with van der Waals surface area (Å²) in [7, 11) is 0. The lowest BCUT2D eigenvalue weighted by atomic mass is 10.1. The van der Waals surface area contributed by atoms with Crippen molar-refractivity contribution in [1.82, 2.24) is 16.0 Å². The van der Waals surface area contributed by atoms with E-state index in [2.05, 4.69) is 20.9 Å². The van der Waals surface area contributed by atoms with Crippen LogP contribution >= 0.6 is 24.0 Å². The van der Waals surface area contributed by atoms with Crippen molar-refractivity contribution in [2.45, 2.75) is 26.3 Å². The van der Waals surface area contributed by atoms with E-state index < -0.39 is 5.91 Å². The zero-order chi connectivity index (χ0) is 17.4. The first-order valence-electron chi connectivity index (χ1n) is 8.26. The first kappa shape index (κ1) is 21.2. The van der Waals surface area contributed by atoms with Gasteiger partial charge in [0, 0.05) is 18.7 Å². The van der Waals surface area contributed by atoms with Crippen LogP contribution in [-0.2, 0) is 11.3 Å². The second-order valence-corrected chi connectivity index (χ2v) is 5.87. The second kappa shape index (κ2) is 10.9. The number of primary amides is 1. The van der Waals surface area contributed by atoms with Crippen LogP contribution in [0.3, 0.4) is 0 Å². The summed E-state index contributed by atoms with van der Waals surface area (Å²) < 4.78 is 0. The molecule has 0 aromatic heterocycles. The van der Waals surface area contributed by atoms with Crippen LogP contribution < -0.4 is 21.7 Å². The monoisotopic (exact) mass is 459 g/mol. The Morgan fingerprint density at radius 1 is 1.16 bits per heavy atom. The molecule has 0 atom stereocenters. The summed E-state index contributed by atoms with van der Waals surface area (Å²) in [6.07, 6.45) is 2.59. The van der Waals surface area contributed by atoms with Gasteiger partial charge in [-0.15, -0.1) is 24.0 Å². The fraction of sp³-hybridized carbons (Fsp3) is 0.471. The number of carbonyl (C=O) groups is 2. The Kier molecular flexibility index (Phi) is 9.25. The number of nitrogens with two attached hydrogens (primary N) is 1. The van der Waals surface area contributed by atoms with Gasteiger partial charge in [-0.2, -0.15) is 0 Å². The van der Waals surface area contributed by atoms with Crippen molar-refractivity contribution >= 4 is 41.8 Å². The molecule has 0 saturated heterocycles. The highest BCUT2D eigenvalue weighted by atomic mass is 127. The predicted octanol–water partition coefficient (Wildman–Crippen LogP) is 0.985. The molecule has 5 N–H and O–H groups in total. The van der Waals surface area contributed by atoms with Crippen LogP contribution in [0.4, 0.5) is 0 Å². The van der Waals surface area contributed by atoms with Crippen molar-refractivity contribution in [2.75, 3.05) is 19.6 Å². The van der Waals surface area contributed by atoms with Crippen molar-refractivity contribution in [1.29, 1.82) is 0 Å². The molecule has 138 valence electrons. The van der Waals surface area contributed by atoms with E-state index in [9.17, 15) is 9.59 Å². The zero-order valence-corrected chi connectivity index (χ0v) is 16.7. The average molecular weight is 459 g/mol. The molecule has 2 amide bonds. The van der Waals surface area contributed by atoms with Gasteiger partial charge in [0.2, 0.25) is 5.91 Å². The first-order chi connectivity index (χ1) is 11.6. The van der Waals surface area contributed by atoms with E-state index in [-0.39, 0.29) is 36.4 Å². The number of nitrogens with zero attached hydrogens (tertiary/aromatic N) is 1. The van der Waals surface area contributed by atoms with E-state index >= 15 is 0 Å². The lowest BCUT2D eigenvalue weighted by molar-refractivity contribution is -0.117. The van der Waals surface area contributed by atoms with Gasteiger partial charge in [0.25, 0.3) is 5.91 Å². The number of aliphatic imine (C=N–C) groups is 1. The van der Waals surface area contributed by atoms with E-state index in [0.29, 0.717) is 12.1 Å². The average Bonchev–Trinajstić information content (AvgIpc) is 3.40. The van der Waals surface area contributed by atoms with Crippen LogP contribution in [0.1, 0.15) is 35.7 Å². The predicted molar refractivity (Wildman–Crippen MR) is 109 cm³/mol. The largest absolute Gasteiger partial charge is 0.368 e. The molecular weight excluding hydrogens is 433 g/mol. The number of amides is 2. The molecule has 1 aromatic carbocycles. The van der Waals surface area contributed by atoms with Gasteiger partial charge in [-0.05, 0) is 43.4 Å². The third-order valence-electron chi connectivity index (χ3n) is 3.66. The van der Waals surface area contributed by atoms with Crippen molar-refractivity contribution in [3.05, 3.63) is 35.4 Å². The number of nitrogens with one attached hydrogen (secondary N) is 3. The number of rotatable bonds is 8. The summed E-state index contributed by atoms with van der Waals surface area (Å²) in [4.78, 5) is 27.0. The minimum Gasteiger partial charge on any atom is -0.368 e. The molecule has 2 rings (SSSR count). The molecular formula is C17H26IN5O2. The van der Waals surface area contributed by atoms with Crippen LogP contribution in [-0.4, -0.2) is 37.4 Å². The topological polar surface area (TPSA) is 109 Å². The molecule has 1 saturated carbocycles. The Bertz CT molecular complexity index is 600. The molecule has 1 fully saturated rings. The third kappa shape index (κ3) is 8.19. The van der Waals surface area contributed by atoms with Crippen molar-refractivity contribution < 1.29 is 9.59 Å². The van der Waals surface area contributed by atoms with Gasteiger partial charge in [-0.25, -0.2) is 4.99 Å². The Labute approximate surface area is 165 Å². The van der Waals surface area contributed by atoms with E-state index in [1.807, 2.05) is 19.1 Å². The van der Waals surface area contributed by atoms with Gasteiger partial charge in [0.05, 0.1) is 13.1 Å². The lowest BCUT2D eigenvalue weighted by Gasteiger charge is -2.10. The highest BCUT2D eigenvalue weighted by Gasteiger charge is 2.21. The SMILES string of the molecule is CCNC(=NCc1ccc(C(=O)NCC(N)=O)cc1)NCC1CC1.I. The fourth-order valence-corrected chi connectivity index (χ4v) is 2.11. The Hall–Kier alpha value is -1.84. The summed E-state index contributed by atoms with van der Waals surface area (Å²) in [6, 6.07) is 7.14. The maximum absolute atomic E-state index is 11.8. The van der Waals surface area contributed by atoms with E-state index in [0.717, 1.165) is 30.5 Å². The lowest BCUT2D eigenvalue weighted by Crippen LogP contribution is -2.38. The van der Waals surface area contributed by atoms with Gasteiger partial charge in [0.1, 0.15) is 0 Å². The number of hydrogen-bond acceptors (Lipinski definition) is 3. The first-order valence-corrected chi connectivity index (χ1v) is 8.26. The highest BCUT2D eigenvalue weighted by molar-refractivity contribution is 14.0. The maximum Gasteiger partial charge on any atom is 0.251 e. The Morgan fingerprint density at radius 3 is 2.40 bits per heavy atom. The molecule has 1 aromatic rings. The van der Waals surface area contributed by atoms with Gasteiger partial charge >= 0.3 is 0 Å². The van der Waals surface area contributed by atoms with Crippen LogP contribution in [0.25, 0.3) is 0 Å². The molecule has 0 aliphatic heterocycles. The Balaban J connectivity index is 0.00000312. The summed E-state index contributed by atoms with van der Waals surface area (Å²) in [5.74, 6) is 0.715. The van der Waals surface area contributed by atoms with E-state index in [4.69, 9.17) is 5.73 Å². The number of benzene rings is 1. The molecule has 0 radical (unpaired) electrons. The van der Waals surface area contributed by atoms with E-state index in [1.165, 1.54) is 12.8 Å². The molecule has 1 aliphatic rings. The molecule has 8 heteroatoms. The number of hydrogen-bond donors (Lipinski definition) is 4. The molecule has 7 nitrogen and oxygen atoms in total. The van der Waals surface area contributed by atoms with Crippen molar-refractivity contribution in [3.63, 3.8) is 0 Å². The normalized spacial score (nSPS) is 13.6. The summed E-state index contributed by atoms with van der Waals surface area (Å²) >= 11 is 0. The molecule has 0 unspecified atom stereocenters. The van der Waals surface area contributed by atoms with Gasteiger partial charge < -0.3 is 21.7 Å². The minimum atomic E-state index is -0.566. The number of carbonyl (C=O) groups excluding carboxylic acids is 2. The van der Waals surface area contributed by atoms with Crippen LogP contribution in [0.5, 0.6) is 0 Å². The van der Waals surface area contributed by atoms with Crippen molar-refractivity contribution in [2.24, 2.45) is 16.6 Å². The molecule has 0 bridgehead atoms. The Morgan fingerprint density at radius 2 is 1.84 bits per heavy atom. The number of halogens is 1. The van der Waals surface area contributed by atoms with Gasteiger partial charge in [0.15, 0.2) is 5.96 Å². The highest BCUT2D eigenvalue weighted by Crippen LogP contribution is 2.27. The third-order valence-corrected chi connectivity index (χ3v) is 3.66. The zero-order valence-electron chi connectivity index (χ0n) is 14.4. The quantitative estimate of drug-likeness (QED) is 0.264. The molecule has 0 heterocycles. The molecule has 1 aliphatic carbocycles. The summed E-state index contributed by atoms with van der Waals surface area (Å²) in [5, 5.41) is 9.02. The van der Waals surface area contributed by atoms with E-state index in [1.54, 1.807) is 12.1 Å². The summed E-state index contributed by atoms with van der Waals surface area (Å²) in [6.45, 7) is 4.18. The van der Waals surface area contributed by atoms with Crippen LogP contribution in [0.2, 0.25) is 0 Å².